The molecule has 0 unspecified atom stereocenters. The van der Waals surface area contributed by atoms with Crippen LogP contribution in [-0.2, 0) is 4.79 Å². The smallest absolute Gasteiger partial charge is 0.249 e. The van der Waals surface area contributed by atoms with Gasteiger partial charge in [0.15, 0.2) is 0 Å². The van der Waals surface area contributed by atoms with Gasteiger partial charge in [0.1, 0.15) is 0 Å². The standard InChI is InChI=1S/C7H12N2O/c1-3-4-6(5-9-2)7(8)10/h4-5H,3H2,1-2H3,(H2,8,10)/b6-4+,9-5-. The minimum absolute atomic E-state index is 0.424. The average Bonchev–Trinajstić information content (AvgIpc) is 1.87. The normalized spacial score (nSPS) is 12.4. The van der Waals surface area contributed by atoms with E-state index in [4.69, 9.17) is 5.73 Å². The Morgan fingerprint density at radius 2 is 2.30 bits per heavy atom. The first kappa shape index (κ1) is 8.88. The number of hydrogen-bond donors (Lipinski definition) is 1. The molecule has 0 spiro atoms. The quantitative estimate of drug-likeness (QED) is 0.450. The molecule has 0 radical (unpaired) electrons. The van der Waals surface area contributed by atoms with Gasteiger partial charge in [-0.3, -0.25) is 9.79 Å². The Balaban J connectivity index is 4.26. The molecule has 0 saturated heterocycles. The van der Waals surface area contributed by atoms with Gasteiger partial charge >= 0.3 is 0 Å². The van der Waals surface area contributed by atoms with E-state index >= 15 is 0 Å². The number of primary amides is 1. The highest BCUT2D eigenvalue weighted by atomic mass is 16.1. The maximum absolute atomic E-state index is 10.5. The molecule has 0 rings (SSSR count). The number of rotatable bonds is 3. The number of carbonyl (C=O) groups excluding carboxylic acids is 1. The van der Waals surface area contributed by atoms with Gasteiger partial charge in [-0.2, -0.15) is 0 Å². The lowest BCUT2D eigenvalue weighted by atomic mass is 10.2. The van der Waals surface area contributed by atoms with Crippen LogP contribution in [0, 0.1) is 0 Å². The van der Waals surface area contributed by atoms with E-state index in [-0.39, 0.29) is 0 Å². The maximum atomic E-state index is 10.5. The van der Waals surface area contributed by atoms with Crippen LogP contribution in [-0.4, -0.2) is 19.2 Å². The maximum Gasteiger partial charge on any atom is 0.249 e. The average molecular weight is 140 g/mol. The van der Waals surface area contributed by atoms with Gasteiger partial charge in [0.25, 0.3) is 0 Å². The van der Waals surface area contributed by atoms with E-state index in [1.807, 2.05) is 6.92 Å². The molecule has 0 aromatic carbocycles. The van der Waals surface area contributed by atoms with E-state index in [2.05, 4.69) is 4.99 Å². The molecule has 0 fully saturated rings. The second-order valence-corrected chi connectivity index (χ2v) is 1.82. The summed E-state index contributed by atoms with van der Waals surface area (Å²) in [4.78, 5) is 14.2. The van der Waals surface area contributed by atoms with Crippen molar-refractivity contribution in [2.75, 3.05) is 7.05 Å². The van der Waals surface area contributed by atoms with Crippen molar-refractivity contribution in [1.29, 1.82) is 0 Å². The summed E-state index contributed by atoms with van der Waals surface area (Å²) in [5.41, 5.74) is 5.49. The lowest BCUT2D eigenvalue weighted by Gasteiger charge is -1.91. The molecule has 0 aliphatic heterocycles. The molecule has 0 aromatic heterocycles. The topological polar surface area (TPSA) is 55.4 Å². The number of amides is 1. The van der Waals surface area contributed by atoms with Gasteiger partial charge in [-0.15, -0.1) is 0 Å². The summed E-state index contributed by atoms with van der Waals surface area (Å²) in [6.07, 6.45) is 4.01. The Morgan fingerprint density at radius 1 is 1.70 bits per heavy atom. The summed E-state index contributed by atoms with van der Waals surface area (Å²) >= 11 is 0. The summed E-state index contributed by atoms with van der Waals surface area (Å²) in [6.45, 7) is 1.94. The van der Waals surface area contributed by atoms with Crippen LogP contribution in [0.4, 0.5) is 0 Å². The molecule has 0 aromatic rings. The van der Waals surface area contributed by atoms with E-state index in [1.54, 1.807) is 13.1 Å². The van der Waals surface area contributed by atoms with E-state index in [1.165, 1.54) is 6.21 Å². The highest BCUT2D eigenvalue weighted by Gasteiger charge is 1.97. The zero-order valence-electron chi connectivity index (χ0n) is 6.29. The lowest BCUT2D eigenvalue weighted by molar-refractivity contribution is -0.114. The van der Waals surface area contributed by atoms with Gasteiger partial charge in [-0.05, 0) is 6.42 Å². The molecule has 0 saturated carbocycles. The van der Waals surface area contributed by atoms with Gasteiger partial charge in [0.2, 0.25) is 5.91 Å². The summed E-state index contributed by atoms with van der Waals surface area (Å²) in [6, 6.07) is 0. The zero-order valence-corrected chi connectivity index (χ0v) is 6.29. The van der Waals surface area contributed by atoms with Crippen LogP contribution in [0.5, 0.6) is 0 Å². The predicted octanol–water partition coefficient (Wildman–Crippen LogP) is 0.509. The third kappa shape index (κ3) is 3.02. The Morgan fingerprint density at radius 3 is 2.60 bits per heavy atom. The summed E-state index contributed by atoms with van der Waals surface area (Å²) < 4.78 is 0. The molecule has 0 bridgehead atoms. The van der Waals surface area contributed by atoms with Crippen molar-refractivity contribution < 1.29 is 4.79 Å². The Bertz CT molecular complexity index is 170. The van der Waals surface area contributed by atoms with Gasteiger partial charge in [-0.25, -0.2) is 0 Å². The number of carbonyl (C=O) groups is 1. The SMILES string of the molecule is CC/C=C(\C=N/C)C(N)=O. The van der Waals surface area contributed by atoms with Crippen LogP contribution < -0.4 is 5.73 Å². The molecular formula is C7H12N2O. The molecule has 0 heterocycles. The molecule has 56 valence electrons. The summed E-state index contributed by atoms with van der Waals surface area (Å²) in [7, 11) is 1.60. The van der Waals surface area contributed by atoms with Crippen LogP contribution in [0.2, 0.25) is 0 Å². The van der Waals surface area contributed by atoms with Crippen molar-refractivity contribution in [2.24, 2.45) is 10.7 Å². The first-order valence-electron chi connectivity index (χ1n) is 3.14. The molecular weight excluding hydrogens is 128 g/mol. The number of nitrogens with zero attached hydrogens (tertiary/aromatic N) is 1. The van der Waals surface area contributed by atoms with Crippen molar-refractivity contribution in [3.05, 3.63) is 11.6 Å². The molecule has 10 heavy (non-hydrogen) atoms. The molecule has 0 aliphatic rings. The van der Waals surface area contributed by atoms with Crippen molar-refractivity contribution in [1.82, 2.24) is 0 Å². The molecule has 3 nitrogen and oxygen atoms in total. The van der Waals surface area contributed by atoms with Crippen molar-refractivity contribution in [3.63, 3.8) is 0 Å². The Hall–Kier alpha value is -1.12. The van der Waals surface area contributed by atoms with Crippen LogP contribution in [0.3, 0.4) is 0 Å². The van der Waals surface area contributed by atoms with E-state index in [0.717, 1.165) is 6.42 Å². The first-order chi connectivity index (χ1) is 4.72. The second kappa shape index (κ2) is 4.73. The summed E-state index contributed by atoms with van der Waals surface area (Å²) in [5, 5.41) is 0. The molecule has 2 N–H and O–H groups in total. The van der Waals surface area contributed by atoms with Gasteiger partial charge in [0.05, 0.1) is 5.57 Å². The van der Waals surface area contributed by atoms with Gasteiger partial charge in [-0.1, -0.05) is 13.0 Å². The third-order valence-electron chi connectivity index (χ3n) is 0.977. The summed E-state index contributed by atoms with van der Waals surface area (Å²) in [5.74, 6) is -0.424. The minimum atomic E-state index is -0.424. The number of aliphatic imine (C=N–C) groups is 1. The van der Waals surface area contributed by atoms with E-state index in [9.17, 15) is 4.79 Å². The van der Waals surface area contributed by atoms with Gasteiger partial charge in [0, 0.05) is 13.3 Å². The monoisotopic (exact) mass is 140 g/mol. The minimum Gasteiger partial charge on any atom is -0.366 e. The fourth-order valence-corrected chi connectivity index (χ4v) is 0.576. The highest BCUT2D eigenvalue weighted by Crippen LogP contribution is 1.90. The van der Waals surface area contributed by atoms with Crippen molar-refractivity contribution >= 4 is 12.1 Å². The van der Waals surface area contributed by atoms with Gasteiger partial charge < -0.3 is 5.73 Å². The third-order valence-corrected chi connectivity index (χ3v) is 0.977. The van der Waals surface area contributed by atoms with Crippen molar-refractivity contribution in [3.8, 4) is 0 Å². The molecule has 0 atom stereocenters. The van der Waals surface area contributed by atoms with Crippen molar-refractivity contribution in [2.45, 2.75) is 13.3 Å². The lowest BCUT2D eigenvalue weighted by Crippen LogP contribution is -2.14. The molecule has 1 amide bonds. The largest absolute Gasteiger partial charge is 0.366 e. The zero-order chi connectivity index (χ0) is 7.98. The van der Waals surface area contributed by atoms with E-state index in [0.29, 0.717) is 5.57 Å². The fourth-order valence-electron chi connectivity index (χ4n) is 0.576. The Kier molecular flexibility index (Phi) is 4.20. The second-order valence-electron chi connectivity index (χ2n) is 1.82. The molecule has 0 aliphatic carbocycles. The van der Waals surface area contributed by atoms with Crippen LogP contribution >= 0.6 is 0 Å². The first-order valence-corrected chi connectivity index (χ1v) is 3.14. The van der Waals surface area contributed by atoms with E-state index < -0.39 is 5.91 Å². The highest BCUT2D eigenvalue weighted by molar-refractivity contribution is 6.11. The fraction of sp³-hybridized carbons (Fsp3) is 0.429. The van der Waals surface area contributed by atoms with Crippen LogP contribution in [0.1, 0.15) is 13.3 Å². The van der Waals surface area contributed by atoms with Crippen LogP contribution in [0.15, 0.2) is 16.6 Å². The predicted molar refractivity (Wildman–Crippen MR) is 42.0 cm³/mol. The molecule has 3 heteroatoms. The number of hydrogen-bond acceptors (Lipinski definition) is 2. The van der Waals surface area contributed by atoms with Crippen LogP contribution in [0.25, 0.3) is 0 Å². The Labute approximate surface area is 60.6 Å². The number of nitrogens with two attached hydrogens (primary N) is 1. The number of allylic oxidation sites excluding steroid dienone is 1.